The number of ether oxygens (including phenoxy) is 2. The molecule has 6 nitrogen and oxygen atoms in total. The maximum atomic E-state index is 12.5. The molecule has 0 spiro atoms. The van der Waals surface area contributed by atoms with Crippen LogP contribution in [-0.4, -0.2) is 42.0 Å². The number of amides is 1. The number of carbonyl (C=O) groups excluding carboxylic acids is 2. The number of fused-ring (bicyclic) bond motifs is 3. The van der Waals surface area contributed by atoms with Crippen molar-refractivity contribution in [3.8, 4) is 11.1 Å². The molecule has 2 aromatic carbocycles. The molecule has 0 heterocycles. The Morgan fingerprint density at radius 1 is 1.09 bits per heavy atom. The number of rotatable bonds is 8. The number of esters is 1. The summed E-state index contributed by atoms with van der Waals surface area (Å²) < 4.78 is 10.9. The molecule has 1 aliphatic carbocycles. The molecule has 1 amide bonds. The summed E-state index contributed by atoms with van der Waals surface area (Å²) in [4.78, 5) is 28.5. The minimum Gasteiger partial charge on any atom is -0.460 e. The number of benzene rings is 2. The van der Waals surface area contributed by atoms with E-state index in [1.807, 2.05) is 45.0 Å². The summed E-state index contributed by atoms with van der Waals surface area (Å²) in [6, 6.07) is 15.9. The minimum absolute atomic E-state index is 0.0210. The van der Waals surface area contributed by atoms with Gasteiger partial charge in [-0.05, 0) is 61.7 Å². The Morgan fingerprint density at radius 2 is 1.69 bits per heavy atom. The molecule has 1 atom stereocenters. The average molecular weight is 453 g/mol. The molecule has 0 radical (unpaired) electrons. The van der Waals surface area contributed by atoms with Gasteiger partial charge in [0.15, 0.2) is 0 Å². The van der Waals surface area contributed by atoms with Gasteiger partial charge in [-0.25, -0.2) is 9.79 Å². The van der Waals surface area contributed by atoms with Crippen LogP contribution in [0, 0.1) is 0 Å². The molecule has 0 bridgehead atoms. The first kappa shape index (κ1) is 23.6. The molecule has 7 heteroatoms. The lowest BCUT2D eigenvalue weighted by atomic mass is 9.98. The summed E-state index contributed by atoms with van der Waals surface area (Å²) in [5.41, 5.74) is 4.08. The maximum Gasteiger partial charge on any atom is 0.407 e. The number of hydrogen-bond acceptors (Lipinski definition) is 6. The van der Waals surface area contributed by atoms with Gasteiger partial charge < -0.3 is 14.8 Å². The zero-order valence-electron chi connectivity index (χ0n) is 18.6. The van der Waals surface area contributed by atoms with E-state index in [4.69, 9.17) is 9.47 Å². The third-order valence-electron chi connectivity index (χ3n) is 5.16. The Bertz CT molecular complexity index is 979. The van der Waals surface area contributed by atoms with Gasteiger partial charge in [0.1, 0.15) is 12.2 Å². The quantitative estimate of drug-likeness (QED) is 0.342. The van der Waals surface area contributed by atoms with Gasteiger partial charge in [0.2, 0.25) is 0 Å². The van der Waals surface area contributed by atoms with Crippen molar-refractivity contribution in [2.45, 2.75) is 51.2 Å². The van der Waals surface area contributed by atoms with E-state index in [2.05, 4.69) is 52.0 Å². The van der Waals surface area contributed by atoms with E-state index in [1.165, 1.54) is 11.1 Å². The molecule has 1 N–H and O–H groups in total. The van der Waals surface area contributed by atoms with E-state index in [9.17, 15) is 9.59 Å². The standard InChI is InChI=1S/C25H28N2O4S/c1-25(2,3)31-23(28)13-12-17(14-26-16-32)27-24(29)30-15-22-20-10-6-4-8-18(20)19-9-5-7-11-21(19)22/h4-11,17,22H,12-15H2,1-3H3,(H,27,29)/t17-/m0/s1. The molecule has 0 saturated heterocycles. The fraction of sp³-hybridized carbons (Fsp3) is 0.400. The van der Waals surface area contributed by atoms with Crippen molar-refractivity contribution in [2.24, 2.45) is 4.99 Å². The van der Waals surface area contributed by atoms with Crippen LogP contribution in [0.15, 0.2) is 53.5 Å². The highest BCUT2D eigenvalue weighted by molar-refractivity contribution is 7.78. The van der Waals surface area contributed by atoms with Gasteiger partial charge in [-0.1, -0.05) is 48.5 Å². The van der Waals surface area contributed by atoms with Crippen LogP contribution in [0.3, 0.4) is 0 Å². The monoisotopic (exact) mass is 452 g/mol. The number of aliphatic imine (C=N–C) groups is 1. The predicted molar refractivity (Wildman–Crippen MR) is 127 cm³/mol. The Hall–Kier alpha value is -3.02. The van der Waals surface area contributed by atoms with Crippen LogP contribution in [-0.2, 0) is 14.3 Å². The lowest BCUT2D eigenvalue weighted by Crippen LogP contribution is -2.38. The van der Waals surface area contributed by atoms with Gasteiger partial charge in [-0.2, -0.15) is 0 Å². The highest BCUT2D eigenvalue weighted by atomic mass is 32.1. The molecular formula is C25H28N2O4S. The molecular weight excluding hydrogens is 424 g/mol. The van der Waals surface area contributed by atoms with Gasteiger partial charge in [-0.3, -0.25) is 4.79 Å². The second-order valence-corrected chi connectivity index (χ2v) is 8.91. The first-order valence-electron chi connectivity index (χ1n) is 10.7. The molecule has 0 fully saturated rings. The van der Waals surface area contributed by atoms with Crippen molar-refractivity contribution in [2.75, 3.05) is 13.2 Å². The lowest BCUT2D eigenvalue weighted by molar-refractivity contribution is -0.155. The Morgan fingerprint density at radius 3 is 2.25 bits per heavy atom. The van der Waals surface area contributed by atoms with E-state index in [0.717, 1.165) is 11.1 Å². The van der Waals surface area contributed by atoms with Crippen LogP contribution in [0.1, 0.15) is 50.7 Å². The SMILES string of the molecule is CC(C)(C)OC(=O)CC[C@@H](CN=C=S)NC(=O)OCC1c2ccccc2-c2ccccc21. The van der Waals surface area contributed by atoms with E-state index in [1.54, 1.807) is 0 Å². The van der Waals surface area contributed by atoms with E-state index in [-0.39, 0.29) is 31.5 Å². The third-order valence-corrected chi connectivity index (χ3v) is 5.29. The van der Waals surface area contributed by atoms with E-state index < -0.39 is 17.7 Å². The number of thiocarbonyl (C=S) groups is 1. The maximum absolute atomic E-state index is 12.5. The number of hydrogen-bond donors (Lipinski definition) is 1. The summed E-state index contributed by atoms with van der Waals surface area (Å²) in [5.74, 6) is -0.351. The van der Waals surface area contributed by atoms with Crippen LogP contribution in [0.25, 0.3) is 11.1 Å². The number of nitrogens with zero attached hydrogens (tertiary/aromatic N) is 1. The predicted octanol–water partition coefficient (Wildman–Crippen LogP) is 5.12. The van der Waals surface area contributed by atoms with Crippen molar-refractivity contribution in [3.05, 3.63) is 59.7 Å². The highest BCUT2D eigenvalue weighted by Gasteiger charge is 2.29. The first-order chi connectivity index (χ1) is 15.3. The Balaban J connectivity index is 1.59. The molecule has 3 rings (SSSR count). The minimum atomic E-state index is -0.556. The summed E-state index contributed by atoms with van der Waals surface area (Å²) in [7, 11) is 0. The lowest BCUT2D eigenvalue weighted by Gasteiger charge is -2.21. The molecule has 168 valence electrons. The molecule has 0 unspecified atom stereocenters. The summed E-state index contributed by atoms with van der Waals surface area (Å²) in [5, 5.41) is 5.09. The normalized spacial score (nSPS) is 13.3. The Kier molecular flexibility index (Phi) is 7.78. The fourth-order valence-corrected chi connectivity index (χ4v) is 3.92. The van der Waals surface area contributed by atoms with Gasteiger partial charge in [0.05, 0.1) is 17.7 Å². The van der Waals surface area contributed by atoms with Crippen LogP contribution in [0.2, 0.25) is 0 Å². The number of carbonyl (C=O) groups is 2. The largest absolute Gasteiger partial charge is 0.460 e. The first-order valence-corrected chi connectivity index (χ1v) is 11.1. The average Bonchev–Trinajstić information content (AvgIpc) is 3.07. The molecule has 1 aliphatic rings. The summed E-state index contributed by atoms with van der Waals surface area (Å²) in [6.07, 6.45) is -0.0429. The van der Waals surface area contributed by atoms with Crippen molar-refractivity contribution in [3.63, 3.8) is 0 Å². The van der Waals surface area contributed by atoms with Crippen LogP contribution < -0.4 is 5.32 Å². The van der Waals surface area contributed by atoms with Crippen LogP contribution in [0.5, 0.6) is 0 Å². The van der Waals surface area contributed by atoms with Crippen LogP contribution in [0.4, 0.5) is 4.79 Å². The van der Waals surface area contributed by atoms with Crippen molar-refractivity contribution >= 4 is 29.4 Å². The van der Waals surface area contributed by atoms with Crippen molar-refractivity contribution in [1.82, 2.24) is 5.32 Å². The highest BCUT2D eigenvalue weighted by Crippen LogP contribution is 2.44. The van der Waals surface area contributed by atoms with Crippen molar-refractivity contribution < 1.29 is 19.1 Å². The molecule has 2 aromatic rings. The molecule has 0 saturated carbocycles. The smallest absolute Gasteiger partial charge is 0.407 e. The van der Waals surface area contributed by atoms with Gasteiger partial charge in [-0.15, -0.1) is 0 Å². The second-order valence-electron chi connectivity index (χ2n) is 8.72. The molecule has 0 aromatic heterocycles. The molecule has 0 aliphatic heterocycles. The number of isothiocyanates is 1. The van der Waals surface area contributed by atoms with E-state index >= 15 is 0 Å². The van der Waals surface area contributed by atoms with Gasteiger partial charge in [0.25, 0.3) is 0 Å². The van der Waals surface area contributed by atoms with E-state index in [0.29, 0.717) is 6.42 Å². The second kappa shape index (κ2) is 10.5. The molecule has 32 heavy (non-hydrogen) atoms. The van der Waals surface area contributed by atoms with Crippen LogP contribution >= 0.6 is 12.2 Å². The summed E-state index contributed by atoms with van der Waals surface area (Å²) in [6.45, 7) is 5.88. The van der Waals surface area contributed by atoms with Crippen molar-refractivity contribution in [1.29, 1.82) is 0 Å². The fourth-order valence-electron chi connectivity index (χ4n) is 3.85. The topological polar surface area (TPSA) is 77.0 Å². The Labute approximate surface area is 194 Å². The number of nitrogens with one attached hydrogen (secondary N) is 1. The van der Waals surface area contributed by atoms with Gasteiger partial charge >= 0.3 is 12.1 Å². The zero-order valence-corrected chi connectivity index (χ0v) is 19.4. The number of alkyl carbamates (subject to hydrolysis) is 1. The third kappa shape index (κ3) is 6.25. The summed E-state index contributed by atoms with van der Waals surface area (Å²) >= 11 is 4.64. The zero-order chi connectivity index (χ0) is 23.1. The van der Waals surface area contributed by atoms with Gasteiger partial charge in [0, 0.05) is 12.3 Å².